The molecule has 7 heterocycles. The fraction of sp³-hybridized carbons (Fsp3) is 0.840. The van der Waals surface area contributed by atoms with Gasteiger partial charge in [-0.25, -0.2) is 4.79 Å². The van der Waals surface area contributed by atoms with Gasteiger partial charge >= 0.3 is 17.9 Å². The zero-order valence-corrected chi connectivity index (χ0v) is 68.5. The average Bonchev–Trinajstić information content (AvgIpc) is 0.667. The minimum absolute atomic E-state index is 0.0151. The molecular weight excluding hydrogens is 1600 g/mol. The van der Waals surface area contributed by atoms with Crippen molar-refractivity contribution in [2.45, 2.75) is 341 Å². The van der Waals surface area contributed by atoms with E-state index in [-0.39, 0.29) is 32.1 Å². The van der Waals surface area contributed by atoms with Gasteiger partial charge in [0.25, 0.3) is 0 Å². The number of carbonyl (C=O) groups excluding carboxylic acids is 2. The number of carbonyl (C=O) groups is 3. The highest BCUT2D eigenvalue weighted by Gasteiger charge is 2.74. The van der Waals surface area contributed by atoms with Crippen molar-refractivity contribution in [1.82, 2.24) is 0 Å². The van der Waals surface area contributed by atoms with Crippen molar-refractivity contribution in [3.8, 4) is 5.75 Å². The Hall–Kier alpha value is -4.37. The summed E-state index contributed by atoms with van der Waals surface area (Å²) in [6, 6.07) is 6.69. The van der Waals surface area contributed by atoms with E-state index in [1.165, 1.54) is 47.8 Å². The van der Waals surface area contributed by atoms with Crippen LogP contribution < -0.4 is 4.74 Å². The van der Waals surface area contributed by atoms with Crippen LogP contribution in [0, 0.1) is 50.2 Å². The summed E-state index contributed by atoms with van der Waals surface area (Å²) >= 11 is 0. The molecule has 7 saturated heterocycles. The number of aliphatic hydroxyl groups is 19. The number of rotatable bonds is 22. The number of hydrogen-bond acceptors (Lipinski definition) is 38. The first-order chi connectivity index (χ1) is 56.5. The van der Waals surface area contributed by atoms with Crippen LogP contribution in [0.1, 0.15) is 126 Å². The largest absolute Gasteiger partial charge is 0.497 e. The Bertz CT molecular complexity index is 3750. The first-order valence-corrected chi connectivity index (χ1v) is 41.4. The molecule has 0 amide bonds. The van der Waals surface area contributed by atoms with Crippen molar-refractivity contribution < 1.29 is 192 Å². The van der Waals surface area contributed by atoms with Gasteiger partial charge in [0, 0.05) is 11.5 Å². The number of carboxylic acids is 1. The van der Waals surface area contributed by atoms with Crippen LogP contribution in [0.3, 0.4) is 0 Å². The van der Waals surface area contributed by atoms with Gasteiger partial charge in [-0.2, -0.15) is 0 Å². The van der Waals surface area contributed by atoms with E-state index in [9.17, 15) is 112 Å². The second-order valence-electron chi connectivity index (χ2n) is 36.5. The Balaban J connectivity index is 0.709. The lowest BCUT2D eigenvalue weighted by atomic mass is 9.33. The number of allylic oxidation sites excluding steroid dienone is 1. The van der Waals surface area contributed by atoms with Crippen LogP contribution in [-0.4, -0.2) is 375 Å². The maximum atomic E-state index is 16.1. The number of ether oxygens (including phenoxy) is 16. The third kappa shape index (κ3) is 16.6. The van der Waals surface area contributed by atoms with Crippen LogP contribution in [-0.2, 0) is 85.4 Å². The minimum atomic E-state index is -2.15. The third-order valence-electron chi connectivity index (χ3n) is 29.0. The number of hydrogen-bond donors (Lipinski definition) is 20. The zero-order chi connectivity index (χ0) is 87.4. The Morgan fingerprint density at radius 1 is 0.483 bits per heavy atom. The van der Waals surface area contributed by atoms with Crippen molar-refractivity contribution in [1.29, 1.82) is 0 Å². The van der Waals surface area contributed by atoms with E-state index >= 15 is 4.79 Å². The lowest BCUT2D eigenvalue weighted by molar-refractivity contribution is -0.388. The molecule has 1 aromatic carbocycles. The zero-order valence-electron chi connectivity index (χ0n) is 68.5. The molecule has 12 aliphatic rings. The molecule has 5 aliphatic carbocycles. The molecule has 39 heteroatoms. The smallest absolute Gasteiger partial charge is 0.331 e. The van der Waals surface area contributed by atoms with Crippen LogP contribution in [0.15, 0.2) is 42.0 Å². The molecule has 120 heavy (non-hydrogen) atoms. The lowest BCUT2D eigenvalue weighted by Crippen LogP contribution is -2.71. The Morgan fingerprint density at radius 3 is 1.62 bits per heavy atom. The molecular formula is C81H122O39. The molecule has 0 aromatic heterocycles. The van der Waals surface area contributed by atoms with Gasteiger partial charge in [0.1, 0.15) is 140 Å². The summed E-state index contributed by atoms with van der Waals surface area (Å²) in [7, 11) is 1.49. The molecule has 39 nitrogen and oxygen atoms in total. The number of carboxylic acid groups (broad SMARTS) is 1. The monoisotopic (exact) mass is 1720 g/mol. The maximum absolute atomic E-state index is 16.1. The van der Waals surface area contributed by atoms with E-state index < -0.39 is 316 Å². The molecule has 11 fully saturated rings. The minimum Gasteiger partial charge on any atom is -0.497 e. The predicted molar refractivity (Wildman–Crippen MR) is 400 cm³/mol. The van der Waals surface area contributed by atoms with E-state index in [1.54, 1.807) is 24.3 Å². The molecule has 7 aliphatic heterocycles. The molecule has 44 atom stereocenters. The lowest BCUT2D eigenvalue weighted by Gasteiger charge is -2.71. The molecule has 44 unspecified atom stereocenters. The highest BCUT2D eigenvalue weighted by molar-refractivity contribution is 5.87. The van der Waals surface area contributed by atoms with E-state index in [1.807, 2.05) is 13.0 Å². The fourth-order valence-corrected chi connectivity index (χ4v) is 21.9. The maximum Gasteiger partial charge on any atom is 0.331 e. The molecule has 680 valence electrons. The molecule has 20 N–H and O–H groups in total. The number of aliphatic carboxylic acids is 1. The number of esters is 2. The molecule has 0 spiro atoms. The first-order valence-electron chi connectivity index (χ1n) is 41.4. The summed E-state index contributed by atoms with van der Waals surface area (Å²) in [6.45, 7) is 12.4. The molecule has 13 rings (SSSR count). The van der Waals surface area contributed by atoms with Crippen LogP contribution in [0.2, 0.25) is 0 Å². The Labute approximate surface area is 692 Å². The van der Waals surface area contributed by atoms with Crippen molar-refractivity contribution >= 4 is 24.0 Å². The van der Waals surface area contributed by atoms with E-state index in [2.05, 4.69) is 20.8 Å². The van der Waals surface area contributed by atoms with Crippen LogP contribution >= 0.6 is 0 Å². The van der Waals surface area contributed by atoms with Gasteiger partial charge in [0.2, 0.25) is 6.29 Å². The van der Waals surface area contributed by atoms with Gasteiger partial charge in [-0.1, -0.05) is 51.5 Å². The summed E-state index contributed by atoms with van der Waals surface area (Å²) in [6.07, 6.45) is -55.7. The molecule has 1 aromatic rings. The molecule has 4 saturated carbocycles. The second kappa shape index (κ2) is 36.0. The molecule has 0 radical (unpaired) electrons. The van der Waals surface area contributed by atoms with Crippen molar-refractivity contribution in [3.63, 3.8) is 0 Å². The Kier molecular flexibility index (Phi) is 28.0. The third-order valence-corrected chi connectivity index (χ3v) is 29.0. The normalized spacial score (nSPS) is 50.9. The summed E-state index contributed by atoms with van der Waals surface area (Å²) in [5.41, 5.74) is -5.14. The van der Waals surface area contributed by atoms with E-state index in [0.29, 0.717) is 37.0 Å². The second-order valence-corrected chi connectivity index (χ2v) is 36.5. The van der Waals surface area contributed by atoms with Gasteiger partial charge in [-0.15, -0.1) is 0 Å². The summed E-state index contributed by atoms with van der Waals surface area (Å²) in [5.74, 6) is -4.26. The van der Waals surface area contributed by atoms with Crippen LogP contribution in [0.25, 0.3) is 6.08 Å². The van der Waals surface area contributed by atoms with Crippen LogP contribution in [0.4, 0.5) is 0 Å². The quantitative estimate of drug-likeness (QED) is 0.0225. The number of fused-ring (bicyclic) bond motifs is 7. The Morgan fingerprint density at radius 2 is 1.01 bits per heavy atom. The highest BCUT2D eigenvalue weighted by atomic mass is 16.8. The van der Waals surface area contributed by atoms with E-state index in [0.717, 1.165) is 11.6 Å². The predicted octanol–water partition coefficient (Wildman–Crippen LogP) is -4.53. The van der Waals surface area contributed by atoms with Crippen LogP contribution in [0.5, 0.6) is 5.75 Å². The fourth-order valence-electron chi connectivity index (χ4n) is 21.9. The van der Waals surface area contributed by atoms with Gasteiger partial charge < -0.3 is 178 Å². The number of benzene rings is 1. The topological polar surface area (TPSA) is 603 Å². The summed E-state index contributed by atoms with van der Waals surface area (Å²) in [4.78, 5) is 43.8. The van der Waals surface area contributed by atoms with Gasteiger partial charge in [0.15, 0.2) is 49.9 Å². The van der Waals surface area contributed by atoms with E-state index in [4.69, 9.17) is 75.8 Å². The molecule has 0 bridgehead atoms. The SMILES string of the molecule is COc1ccc(C=CC(=O)OC2C(C)OC(OC(=O)C34CCC(C)(C)CC3C3=CCC5C6(C)CC(O)C(OC7OC(CO)C(O)C(O)C7O)C(C)(C(=O)O)C6CCC5(C)C3(CO)CC4)C(OC3OC(C)C(OC4OCC(OC5OC(CO)C(O)C(OC6OC(C)C(O)C(OC7OC(C)C(O)C(O)C7O)C6O)C5O)C(O)C4O)C(O)C3O)C2O)cc1. The highest BCUT2D eigenvalue weighted by Crippen LogP contribution is 2.76. The van der Waals surface area contributed by atoms with Gasteiger partial charge in [-0.05, 0) is 150 Å². The standard InChI is InChI=1S/C81H122O39/c1-31-46(87)51(92)55(96)68(107-31)116-63-47(88)32(2)108-71(59(63)100)117-64-50(91)41(28-83)112-72(60(64)101)113-42-29-106-67(54(95)49(42)90)115-61-33(3)109-69(57(98)53(61)94)118-65-58(99)62(114-45(86)18-13-35-11-14-36(105-10)15-12-35)34(4)110-73(65)120-75(104)80-22-21-76(5,6)25-38(80)37-16-17-43-77(7)26-39(85)66(119-70-56(97)52(93)48(89)40(27-82)111-70)79(9,74(102)103)44(77)19-20-78(43,8)81(37,30-84)24-23-80/h11-16,18,31-34,38-44,46-73,82-85,87-101H,17,19-30H2,1-10H3,(H,102,103). The number of methoxy groups -OCH3 is 1. The van der Waals surface area contributed by atoms with Crippen molar-refractivity contribution in [2.24, 2.45) is 50.2 Å². The average molecular weight is 1720 g/mol. The summed E-state index contributed by atoms with van der Waals surface area (Å²) < 4.78 is 95.1. The first kappa shape index (κ1) is 93.3. The van der Waals surface area contributed by atoms with Crippen molar-refractivity contribution in [3.05, 3.63) is 47.6 Å². The van der Waals surface area contributed by atoms with Crippen molar-refractivity contribution in [2.75, 3.05) is 33.5 Å². The number of aliphatic hydroxyl groups excluding tert-OH is 19. The van der Waals surface area contributed by atoms with Gasteiger partial charge in [0.05, 0.1) is 74.9 Å². The van der Waals surface area contributed by atoms with Gasteiger partial charge in [-0.3, -0.25) is 9.59 Å². The summed E-state index contributed by atoms with van der Waals surface area (Å²) in [5, 5.41) is 226.